The Balaban J connectivity index is 1.12. The Labute approximate surface area is 483 Å². The monoisotopic (exact) mass is 1100 g/mol. The van der Waals surface area contributed by atoms with Crippen LogP contribution in [0.1, 0.15) is 22.9 Å². The molecule has 0 spiro atoms. The normalized spacial score (nSPS) is 12.9. The Morgan fingerprint density at radius 2 is 0.524 bits per heavy atom. The minimum atomic E-state index is -3.22. The zero-order valence-corrected chi connectivity index (χ0v) is 48.3. The van der Waals surface area contributed by atoms with Crippen LogP contribution in [0, 0.1) is 0 Å². The Bertz CT molecular complexity index is 3880. The lowest BCUT2D eigenvalue weighted by Crippen LogP contribution is -2.78. The molecule has 0 bridgehead atoms. The van der Waals surface area contributed by atoms with Gasteiger partial charge in [-0.2, -0.15) is 0 Å². The van der Waals surface area contributed by atoms with E-state index in [0.29, 0.717) is 11.6 Å². The fourth-order valence-electron chi connectivity index (χ4n) is 13.6. The predicted molar refractivity (Wildman–Crippen MR) is 349 cm³/mol. The van der Waals surface area contributed by atoms with E-state index >= 15 is 0 Å². The lowest BCUT2D eigenvalue weighted by atomic mass is 9.89. The SMILES string of the molecule is c1ccc(-c2nc(-c3cc([Si](c4ccccc4)(c4ccccc4)c4ccccc4)cc([Si](c4ccccc4)(c4ccccc4)c4ccccc4)c3)nc(C3c4ccccc4[Si](c4ccccc4)(c4ccccc4)c4ccccc43)n2)cc1. The van der Waals surface area contributed by atoms with Gasteiger partial charge in [0.1, 0.15) is 5.82 Å². The van der Waals surface area contributed by atoms with Gasteiger partial charge in [-0.15, -0.1) is 0 Å². The highest BCUT2D eigenvalue weighted by Gasteiger charge is 2.50. The van der Waals surface area contributed by atoms with Crippen molar-refractivity contribution in [2.75, 3.05) is 0 Å². The van der Waals surface area contributed by atoms with E-state index in [4.69, 9.17) is 15.0 Å². The molecule has 1 aliphatic rings. The van der Waals surface area contributed by atoms with Crippen LogP contribution in [0.4, 0.5) is 0 Å². The van der Waals surface area contributed by atoms with Gasteiger partial charge in [0.25, 0.3) is 0 Å². The molecule has 388 valence electrons. The lowest BCUT2D eigenvalue weighted by molar-refractivity contribution is 0.843. The Hall–Kier alpha value is -9.70. The number of fused-ring (bicyclic) bond motifs is 2. The lowest BCUT2D eigenvalue weighted by Gasteiger charge is -2.43. The van der Waals surface area contributed by atoms with Crippen LogP contribution < -0.4 is 62.2 Å². The Morgan fingerprint density at radius 3 is 0.866 bits per heavy atom. The van der Waals surface area contributed by atoms with Gasteiger partial charge >= 0.3 is 0 Å². The summed E-state index contributed by atoms with van der Waals surface area (Å²) in [5.41, 5.74) is 4.32. The van der Waals surface area contributed by atoms with Gasteiger partial charge in [0.15, 0.2) is 35.9 Å². The summed E-state index contributed by atoms with van der Waals surface area (Å²) in [5, 5.41) is 15.6. The molecule has 0 fully saturated rings. The smallest absolute Gasteiger partial charge is 0.180 e. The number of nitrogens with zero attached hydrogens (tertiary/aromatic N) is 3. The highest BCUT2D eigenvalue weighted by molar-refractivity contribution is 7.22. The highest BCUT2D eigenvalue weighted by atomic mass is 28.3. The van der Waals surface area contributed by atoms with Gasteiger partial charge in [0, 0.05) is 11.1 Å². The average Bonchev–Trinajstić information content (AvgIpc) is 3.42. The zero-order chi connectivity index (χ0) is 54.8. The first-order chi connectivity index (χ1) is 40.7. The van der Waals surface area contributed by atoms with E-state index < -0.39 is 24.2 Å². The Morgan fingerprint density at radius 1 is 0.244 bits per heavy atom. The van der Waals surface area contributed by atoms with Crippen molar-refractivity contribution in [2.24, 2.45) is 0 Å². The van der Waals surface area contributed by atoms with Crippen molar-refractivity contribution in [3.05, 3.63) is 357 Å². The number of rotatable bonds is 13. The molecule has 0 atom stereocenters. The summed E-state index contributed by atoms with van der Waals surface area (Å²) in [6, 6.07) is 126. The summed E-state index contributed by atoms with van der Waals surface area (Å²) in [7, 11) is -9.36. The minimum Gasteiger partial charge on any atom is -0.212 e. The molecule has 12 aromatic carbocycles. The maximum atomic E-state index is 5.95. The number of hydrogen-bond donors (Lipinski definition) is 0. The topological polar surface area (TPSA) is 38.7 Å². The fourth-order valence-corrected chi connectivity index (χ4v) is 28.7. The molecule has 0 saturated carbocycles. The van der Waals surface area contributed by atoms with Crippen molar-refractivity contribution in [1.82, 2.24) is 15.0 Å². The molecule has 0 radical (unpaired) electrons. The van der Waals surface area contributed by atoms with Crippen LogP contribution in [-0.2, 0) is 0 Å². The molecule has 0 aliphatic carbocycles. The minimum absolute atomic E-state index is 0.315. The zero-order valence-electron chi connectivity index (χ0n) is 45.3. The fraction of sp³-hybridized carbons (Fsp3) is 0.0132. The Kier molecular flexibility index (Phi) is 13.4. The summed E-state index contributed by atoms with van der Waals surface area (Å²) in [6.45, 7) is 0. The van der Waals surface area contributed by atoms with Crippen LogP contribution in [0.5, 0.6) is 0 Å². The van der Waals surface area contributed by atoms with Crippen molar-refractivity contribution in [2.45, 2.75) is 5.92 Å². The van der Waals surface area contributed by atoms with Gasteiger partial charge in [0.2, 0.25) is 0 Å². The standard InChI is InChI=1S/C76H57N3Si3/c1-10-32-57(33-11-1)74-77-75(79-76(78-74)73-69-50-28-30-52-71(69)82(65-46-24-8-25-47-65,66-48-26-9-27-49-66)72-53-31-29-51-70(72)73)58-54-67(80(59-34-12-2-13-35-59,60-36-14-3-15-37-60)61-38-16-4-17-39-61)56-68(55-58)81(62-40-18-5-19-41-62,63-42-20-6-21-43-63)64-44-22-7-23-45-64/h1-56,73H. The second kappa shape index (κ2) is 21.7. The van der Waals surface area contributed by atoms with Crippen molar-refractivity contribution in [3.8, 4) is 22.8 Å². The van der Waals surface area contributed by atoms with Gasteiger partial charge < -0.3 is 0 Å². The van der Waals surface area contributed by atoms with E-state index in [0.717, 1.165) is 17.0 Å². The highest BCUT2D eigenvalue weighted by Crippen LogP contribution is 2.36. The third kappa shape index (κ3) is 8.42. The third-order valence-electron chi connectivity index (χ3n) is 17.0. The molecule has 0 N–H and O–H groups in total. The van der Waals surface area contributed by atoms with Gasteiger partial charge in [-0.1, -0.05) is 340 Å². The van der Waals surface area contributed by atoms with Crippen LogP contribution in [0.15, 0.2) is 340 Å². The summed E-state index contributed by atoms with van der Waals surface area (Å²) < 4.78 is 0. The first-order valence-electron chi connectivity index (χ1n) is 28.3. The van der Waals surface area contributed by atoms with E-state index in [2.05, 4.69) is 340 Å². The second-order valence-corrected chi connectivity index (χ2v) is 32.6. The van der Waals surface area contributed by atoms with E-state index in [-0.39, 0.29) is 5.92 Å². The summed E-state index contributed by atoms with van der Waals surface area (Å²) >= 11 is 0. The largest absolute Gasteiger partial charge is 0.212 e. The van der Waals surface area contributed by atoms with E-state index in [1.54, 1.807) is 0 Å². The molecule has 6 heteroatoms. The first-order valence-corrected chi connectivity index (χ1v) is 34.3. The van der Waals surface area contributed by atoms with Crippen molar-refractivity contribution < 1.29 is 0 Å². The van der Waals surface area contributed by atoms with Crippen molar-refractivity contribution >= 4 is 86.5 Å². The van der Waals surface area contributed by atoms with Crippen LogP contribution in [0.25, 0.3) is 22.8 Å². The molecule has 2 heterocycles. The predicted octanol–water partition coefficient (Wildman–Crippen LogP) is 8.83. The maximum Gasteiger partial charge on any atom is 0.180 e. The third-order valence-corrected chi connectivity index (χ3v) is 31.4. The number of hydrogen-bond acceptors (Lipinski definition) is 3. The molecule has 1 aromatic heterocycles. The molecule has 13 aromatic rings. The van der Waals surface area contributed by atoms with Crippen LogP contribution in [0.3, 0.4) is 0 Å². The number of benzene rings is 12. The molecule has 14 rings (SSSR count). The van der Waals surface area contributed by atoms with E-state index in [1.807, 2.05) is 0 Å². The molecule has 0 saturated heterocycles. The summed E-state index contributed by atoms with van der Waals surface area (Å²) in [5.74, 6) is 1.68. The summed E-state index contributed by atoms with van der Waals surface area (Å²) in [6.07, 6.45) is 0. The van der Waals surface area contributed by atoms with Crippen molar-refractivity contribution in [3.63, 3.8) is 0 Å². The molecular formula is C76H57N3Si3. The maximum absolute atomic E-state index is 5.95. The van der Waals surface area contributed by atoms with Crippen LogP contribution in [0.2, 0.25) is 0 Å². The van der Waals surface area contributed by atoms with E-state index in [1.165, 1.54) is 73.4 Å². The second-order valence-electron chi connectivity index (χ2n) is 21.3. The van der Waals surface area contributed by atoms with E-state index in [9.17, 15) is 0 Å². The van der Waals surface area contributed by atoms with Crippen LogP contribution >= 0.6 is 0 Å². The summed E-state index contributed by atoms with van der Waals surface area (Å²) in [4.78, 5) is 17.3. The van der Waals surface area contributed by atoms with Gasteiger partial charge in [-0.25, -0.2) is 15.0 Å². The molecule has 3 nitrogen and oxygen atoms in total. The molecule has 1 aliphatic heterocycles. The number of aromatic nitrogens is 3. The molecule has 82 heavy (non-hydrogen) atoms. The van der Waals surface area contributed by atoms with Crippen molar-refractivity contribution in [1.29, 1.82) is 0 Å². The van der Waals surface area contributed by atoms with Gasteiger partial charge in [-0.3, -0.25) is 0 Å². The first kappa shape index (κ1) is 50.5. The molecule has 0 amide bonds. The molecular weight excluding hydrogens is 1040 g/mol. The van der Waals surface area contributed by atoms with Gasteiger partial charge in [-0.05, 0) is 73.4 Å². The average molecular weight is 1100 g/mol. The molecule has 0 unspecified atom stereocenters. The van der Waals surface area contributed by atoms with Gasteiger partial charge in [0.05, 0.1) is 5.92 Å². The van der Waals surface area contributed by atoms with Crippen LogP contribution in [-0.4, -0.2) is 39.2 Å². The quantitative estimate of drug-likeness (QED) is 0.0857.